The lowest BCUT2D eigenvalue weighted by atomic mass is 10.0. The smallest absolute Gasteiger partial charge is 0.191 e. The molecule has 150 valence electrons. The van der Waals surface area contributed by atoms with Crippen molar-refractivity contribution < 1.29 is 9.47 Å². The van der Waals surface area contributed by atoms with Crippen LogP contribution in [0.1, 0.15) is 31.2 Å². The second-order valence-corrected chi connectivity index (χ2v) is 7.41. The van der Waals surface area contributed by atoms with E-state index in [0.717, 1.165) is 51.6 Å². The molecule has 2 aliphatic heterocycles. The standard InChI is InChI=1S/C21H34N4O2/c1-22-21(23-11-14-26-17-20-10-6-13-27-20)24-19-9-5-12-25(16-19)15-18-7-3-2-4-8-18/h2-4,7-8,19-20H,5-6,9-17H2,1H3,(H2,22,23,24). The van der Waals surface area contributed by atoms with Crippen molar-refractivity contribution in [2.24, 2.45) is 4.99 Å². The molecule has 0 bridgehead atoms. The maximum Gasteiger partial charge on any atom is 0.191 e. The number of benzene rings is 1. The van der Waals surface area contributed by atoms with E-state index in [1.54, 1.807) is 0 Å². The van der Waals surface area contributed by atoms with E-state index in [1.165, 1.54) is 18.4 Å². The van der Waals surface area contributed by atoms with Gasteiger partial charge in [-0.15, -0.1) is 0 Å². The van der Waals surface area contributed by atoms with Crippen molar-refractivity contribution in [3.63, 3.8) is 0 Å². The number of hydrogen-bond donors (Lipinski definition) is 2. The predicted octanol–water partition coefficient (Wildman–Crippen LogP) is 2.01. The molecule has 1 aromatic carbocycles. The van der Waals surface area contributed by atoms with Crippen LogP contribution in [0.2, 0.25) is 0 Å². The maximum atomic E-state index is 5.71. The normalized spacial score (nSPS) is 24.1. The quantitative estimate of drug-likeness (QED) is 0.414. The number of hydrogen-bond acceptors (Lipinski definition) is 4. The molecule has 0 spiro atoms. The molecule has 2 fully saturated rings. The SMILES string of the molecule is CN=C(NCCOCC1CCCO1)NC1CCCN(Cc2ccccc2)C1. The van der Waals surface area contributed by atoms with Crippen molar-refractivity contribution in [1.82, 2.24) is 15.5 Å². The summed E-state index contributed by atoms with van der Waals surface area (Å²) in [6.07, 6.45) is 4.97. The Morgan fingerprint density at radius 1 is 1.26 bits per heavy atom. The zero-order valence-electron chi connectivity index (χ0n) is 16.5. The highest BCUT2D eigenvalue weighted by Gasteiger charge is 2.20. The van der Waals surface area contributed by atoms with E-state index in [1.807, 2.05) is 7.05 Å². The Kier molecular flexibility index (Phi) is 8.39. The van der Waals surface area contributed by atoms with Gasteiger partial charge in [0.05, 0.1) is 19.3 Å². The molecule has 2 atom stereocenters. The Morgan fingerprint density at radius 3 is 2.93 bits per heavy atom. The Hall–Kier alpha value is -1.63. The highest BCUT2D eigenvalue weighted by atomic mass is 16.5. The number of aliphatic imine (C=N–C) groups is 1. The van der Waals surface area contributed by atoms with Crippen LogP contribution in [0.3, 0.4) is 0 Å². The van der Waals surface area contributed by atoms with Gasteiger partial charge in [-0.25, -0.2) is 0 Å². The summed E-state index contributed by atoms with van der Waals surface area (Å²) in [5, 5.41) is 6.93. The average Bonchev–Trinajstić information content (AvgIpc) is 3.21. The molecule has 0 aliphatic carbocycles. The van der Waals surface area contributed by atoms with Crippen molar-refractivity contribution >= 4 is 5.96 Å². The third kappa shape index (κ3) is 7.13. The molecule has 2 saturated heterocycles. The van der Waals surface area contributed by atoms with Gasteiger partial charge in [-0.3, -0.25) is 9.89 Å². The van der Waals surface area contributed by atoms with Crippen LogP contribution in [0, 0.1) is 0 Å². The van der Waals surface area contributed by atoms with Crippen LogP contribution >= 0.6 is 0 Å². The Morgan fingerprint density at radius 2 is 2.15 bits per heavy atom. The summed E-state index contributed by atoms with van der Waals surface area (Å²) in [4.78, 5) is 6.88. The monoisotopic (exact) mass is 374 g/mol. The molecular formula is C21H34N4O2. The molecule has 6 nitrogen and oxygen atoms in total. The van der Waals surface area contributed by atoms with Gasteiger partial charge >= 0.3 is 0 Å². The average molecular weight is 375 g/mol. The summed E-state index contributed by atoms with van der Waals surface area (Å²) in [5.41, 5.74) is 1.38. The number of piperidine rings is 1. The molecule has 0 radical (unpaired) electrons. The van der Waals surface area contributed by atoms with Crippen LogP contribution in [0.5, 0.6) is 0 Å². The van der Waals surface area contributed by atoms with E-state index in [2.05, 4.69) is 50.9 Å². The van der Waals surface area contributed by atoms with E-state index in [0.29, 0.717) is 25.4 Å². The molecule has 6 heteroatoms. The number of ether oxygens (including phenoxy) is 2. The Bertz CT molecular complexity index is 561. The molecule has 3 rings (SSSR count). The van der Waals surface area contributed by atoms with Gasteiger partial charge in [-0.1, -0.05) is 30.3 Å². The highest BCUT2D eigenvalue weighted by Crippen LogP contribution is 2.14. The molecule has 27 heavy (non-hydrogen) atoms. The predicted molar refractivity (Wildman–Crippen MR) is 109 cm³/mol. The number of likely N-dealkylation sites (tertiary alicyclic amines) is 1. The molecular weight excluding hydrogens is 340 g/mol. The van der Waals surface area contributed by atoms with Gasteiger partial charge < -0.3 is 20.1 Å². The van der Waals surface area contributed by atoms with Crippen molar-refractivity contribution in [1.29, 1.82) is 0 Å². The van der Waals surface area contributed by atoms with Crippen LogP contribution in [-0.4, -0.2) is 69.5 Å². The summed E-state index contributed by atoms with van der Waals surface area (Å²) in [7, 11) is 1.83. The van der Waals surface area contributed by atoms with Crippen molar-refractivity contribution in [2.45, 2.75) is 44.4 Å². The minimum Gasteiger partial charge on any atom is -0.377 e. The summed E-state index contributed by atoms with van der Waals surface area (Å²) < 4.78 is 11.3. The molecule has 0 saturated carbocycles. The van der Waals surface area contributed by atoms with Crippen LogP contribution in [-0.2, 0) is 16.0 Å². The van der Waals surface area contributed by atoms with Gasteiger partial charge in [0.2, 0.25) is 0 Å². The number of rotatable bonds is 8. The zero-order valence-corrected chi connectivity index (χ0v) is 16.5. The summed E-state index contributed by atoms with van der Waals surface area (Å²) in [6.45, 7) is 6.23. The number of nitrogens with zero attached hydrogens (tertiary/aromatic N) is 2. The molecule has 0 aromatic heterocycles. The lowest BCUT2D eigenvalue weighted by molar-refractivity contribution is 0.0191. The van der Waals surface area contributed by atoms with Crippen molar-refractivity contribution in [3.8, 4) is 0 Å². The first-order valence-electron chi connectivity index (χ1n) is 10.3. The second kappa shape index (κ2) is 11.3. The third-order valence-electron chi connectivity index (χ3n) is 5.19. The first-order valence-corrected chi connectivity index (χ1v) is 10.3. The minimum absolute atomic E-state index is 0.292. The Labute approximate surface area is 163 Å². The van der Waals surface area contributed by atoms with Gasteiger partial charge in [-0.2, -0.15) is 0 Å². The van der Waals surface area contributed by atoms with E-state index in [9.17, 15) is 0 Å². The molecule has 1 aromatic rings. The van der Waals surface area contributed by atoms with E-state index >= 15 is 0 Å². The lowest BCUT2D eigenvalue weighted by Crippen LogP contribution is -2.51. The summed E-state index contributed by atoms with van der Waals surface area (Å²) >= 11 is 0. The van der Waals surface area contributed by atoms with Crippen LogP contribution < -0.4 is 10.6 Å². The van der Waals surface area contributed by atoms with Gasteiger partial charge in [0.1, 0.15) is 0 Å². The lowest BCUT2D eigenvalue weighted by Gasteiger charge is -2.34. The third-order valence-corrected chi connectivity index (χ3v) is 5.19. The molecule has 0 amide bonds. The molecule has 2 aliphatic rings. The largest absolute Gasteiger partial charge is 0.377 e. The van der Waals surface area contributed by atoms with Crippen LogP contribution in [0.4, 0.5) is 0 Å². The Balaban J connectivity index is 1.33. The minimum atomic E-state index is 0.292. The summed E-state index contributed by atoms with van der Waals surface area (Å²) in [6, 6.07) is 11.1. The maximum absolute atomic E-state index is 5.71. The van der Waals surface area contributed by atoms with E-state index in [-0.39, 0.29) is 0 Å². The van der Waals surface area contributed by atoms with Crippen LogP contribution in [0.25, 0.3) is 0 Å². The number of guanidine groups is 1. The van der Waals surface area contributed by atoms with Gasteiger partial charge in [0, 0.05) is 39.3 Å². The van der Waals surface area contributed by atoms with Gasteiger partial charge in [-0.05, 0) is 37.8 Å². The fraction of sp³-hybridized carbons (Fsp3) is 0.667. The molecule has 2 N–H and O–H groups in total. The van der Waals surface area contributed by atoms with E-state index in [4.69, 9.17) is 9.47 Å². The van der Waals surface area contributed by atoms with Crippen LogP contribution in [0.15, 0.2) is 35.3 Å². The second-order valence-electron chi connectivity index (χ2n) is 7.41. The highest BCUT2D eigenvalue weighted by molar-refractivity contribution is 5.79. The number of nitrogens with one attached hydrogen (secondary N) is 2. The van der Waals surface area contributed by atoms with Crippen molar-refractivity contribution in [2.75, 3.05) is 46.5 Å². The van der Waals surface area contributed by atoms with Gasteiger partial charge in [0.25, 0.3) is 0 Å². The summed E-state index contributed by atoms with van der Waals surface area (Å²) in [5.74, 6) is 0.863. The fourth-order valence-corrected chi connectivity index (χ4v) is 3.78. The van der Waals surface area contributed by atoms with Crippen molar-refractivity contribution in [3.05, 3.63) is 35.9 Å². The first-order chi connectivity index (χ1) is 13.3. The molecule has 2 heterocycles. The fourth-order valence-electron chi connectivity index (χ4n) is 3.78. The molecule has 2 unspecified atom stereocenters. The first kappa shape index (κ1) is 20.1. The van der Waals surface area contributed by atoms with E-state index < -0.39 is 0 Å². The van der Waals surface area contributed by atoms with Gasteiger partial charge in [0.15, 0.2) is 5.96 Å². The topological polar surface area (TPSA) is 58.1 Å². The zero-order chi connectivity index (χ0) is 18.7.